The highest BCUT2D eigenvalue weighted by atomic mass is 19.1. The van der Waals surface area contributed by atoms with Crippen LogP contribution in [0, 0.1) is 5.82 Å². The molecule has 0 bridgehead atoms. The van der Waals surface area contributed by atoms with Gasteiger partial charge >= 0.3 is 0 Å². The zero-order valence-corrected chi connectivity index (χ0v) is 13.7. The summed E-state index contributed by atoms with van der Waals surface area (Å²) in [6.07, 6.45) is 7.76. The predicted octanol–water partition coefficient (Wildman–Crippen LogP) is 3.84. The van der Waals surface area contributed by atoms with Crippen LogP contribution in [-0.2, 0) is 0 Å². The molecule has 2 aliphatic carbocycles. The third-order valence-corrected chi connectivity index (χ3v) is 5.06. The van der Waals surface area contributed by atoms with E-state index in [2.05, 4.69) is 27.4 Å². The number of nitrogens with one attached hydrogen (secondary N) is 1. The van der Waals surface area contributed by atoms with Crippen molar-refractivity contribution in [2.24, 2.45) is 5.73 Å². The summed E-state index contributed by atoms with van der Waals surface area (Å²) in [4.78, 5) is 8.57. The molecule has 2 saturated carbocycles. The molecule has 0 aliphatic heterocycles. The van der Waals surface area contributed by atoms with E-state index in [1.807, 2.05) is 12.1 Å². The van der Waals surface area contributed by atoms with Gasteiger partial charge in [0.1, 0.15) is 5.69 Å². The normalized spacial score (nSPS) is 23.9. The first kappa shape index (κ1) is 15.5. The number of nitrogens with two attached hydrogens (primary N) is 1. The molecule has 2 aromatic rings. The van der Waals surface area contributed by atoms with Crippen LogP contribution in [0.3, 0.4) is 0 Å². The number of hydrogen-bond donors (Lipinski definition) is 2. The molecular weight excluding hydrogens is 303 g/mol. The molecule has 0 radical (unpaired) electrons. The van der Waals surface area contributed by atoms with E-state index in [0.717, 1.165) is 31.2 Å². The van der Waals surface area contributed by atoms with Crippen LogP contribution in [0.15, 0.2) is 30.5 Å². The zero-order chi connectivity index (χ0) is 16.5. The van der Waals surface area contributed by atoms with Gasteiger partial charge in [0.05, 0.1) is 6.20 Å². The molecule has 5 heteroatoms. The monoisotopic (exact) mass is 326 g/mol. The fourth-order valence-electron chi connectivity index (χ4n) is 3.44. The summed E-state index contributed by atoms with van der Waals surface area (Å²) in [5.74, 6) is 0.766. The number of halogens is 1. The van der Waals surface area contributed by atoms with Crippen LogP contribution in [0.2, 0.25) is 0 Å². The second-order valence-electron chi connectivity index (χ2n) is 7.05. The van der Waals surface area contributed by atoms with E-state index in [4.69, 9.17) is 5.73 Å². The van der Waals surface area contributed by atoms with E-state index in [1.165, 1.54) is 24.6 Å². The van der Waals surface area contributed by atoms with Gasteiger partial charge in [-0.05, 0) is 56.1 Å². The molecular formula is C19H23FN4. The van der Waals surface area contributed by atoms with Crippen molar-refractivity contribution in [2.45, 2.75) is 56.5 Å². The summed E-state index contributed by atoms with van der Waals surface area (Å²) in [5, 5.41) is 3.34. The average Bonchev–Trinajstić information content (AvgIpc) is 3.44. The lowest BCUT2D eigenvalue weighted by molar-refractivity contribution is 0.409. The topological polar surface area (TPSA) is 63.8 Å². The first-order chi connectivity index (χ1) is 11.7. The Morgan fingerprint density at radius 2 is 1.88 bits per heavy atom. The van der Waals surface area contributed by atoms with Gasteiger partial charge in [0.15, 0.2) is 5.82 Å². The van der Waals surface area contributed by atoms with Crippen LogP contribution in [0.4, 0.5) is 10.3 Å². The Hall–Kier alpha value is -2.01. The highest BCUT2D eigenvalue weighted by molar-refractivity contribution is 5.62. The Morgan fingerprint density at radius 3 is 2.62 bits per heavy atom. The zero-order valence-electron chi connectivity index (χ0n) is 13.7. The maximum absolute atomic E-state index is 14.3. The lowest BCUT2D eigenvalue weighted by Crippen LogP contribution is -2.33. The minimum atomic E-state index is -0.376. The maximum Gasteiger partial charge on any atom is 0.223 e. The Morgan fingerprint density at radius 1 is 1.08 bits per heavy atom. The van der Waals surface area contributed by atoms with Crippen molar-refractivity contribution in [3.05, 3.63) is 41.8 Å². The van der Waals surface area contributed by atoms with E-state index in [1.54, 1.807) is 0 Å². The summed E-state index contributed by atoms with van der Waals surface area (Å²) >= 11 is 0. The van der Waals surface area contributed by atoms with E-state index in [9.17, 15) is 4.39 Å². The maximum atomic E-state index is 14.3. The molecule has 0 atom stereocenters. The van der Waals surface area contributed by atoms with Gasteiger partial charge in [-0.3, -0.25) is 0 Å². The Kier molecular flexibility index (Phi) is 4.19. The van der Waals surface area contributed by atoms with Crippen molar-refractivity contribution < 1.29 is 4.39 Å². The summed E-state index contributed by atoms with van der Waals surface area (Å²) in [6.45, 7) is 0. The van der Waals surface area contributed by atoms with E-state index in [0.29, 0.717) is 29.6 Å². The smallest absolute Gasteiger partial charge is 0.223 e. The molecule has 4 nitrogen and oxygen atoms in total. The molecule has 126 valence electrons. The van der Waals surface area contributed by atoms with Gasteiger partial charge < -0.3 is 11.1 Å². The summed E-state index contributed by atoms with van der Waals surface area (Å²) in [6, 6.07) is 8.71. The molecule has 4 rings (SSSR count). The van der Waals surface area contributed by atoms with Crippen LogP contribution in [-0.4, -0.2) is 22.1 Å². The van der Waals surface area contributed by atoms with Crippen LogP contribution in [0.25, 0.3) is 11.3 Å². The molecule has 0 amide bonds. The number of anilines is 1. The molecule has 0 unspecified atom stereocenters. The van der Waals surface area contributed by atoms with Crippen molar-refractivity contribution in [1.29, 1.82) is 0 Å². The SMILES string of the molecule is NC1CCC(Nc2ncc(F)c(-c3cccc(C4CC4)c3)n2)CC1. The second-order valence-corrected chi connectivity index (χ2v) is 7.05. The van der Waals surface area contributed by atoms with Gasteiger partial charge in [-0.2, -0.15) is 0 Å². The van der Waals surface area contributed by atoms with Crippen molar-refractivity contribution in [2.75, 3.05) is 5.32 Å². The Balaban J connectivity index is 1.56. The number of nitrogens with zero attached hydrogens (tertiary/aromatic N) is 2. The number of hydrogen-bond acceptors (Lipinski definition) is 4. The molecule has 0 saturated heterocycles. The molecule has 1 heterocycles. The van der Waals surface area contributed by atoms with Gasteiger partial charge in [-0.15, -0.1) is 0 Å². The molecule has 1 aromatic heterocycles. The highest BCUT2D eigenvalue weighted by Gasteiger charge is 2.24. The average molecular weight is 326 g/mol. The van der Waals surface area contributed by atoms with Crippen molar-refractivity contribution in [3.63, 3.8) is 0 Å². The van der Waals surface area contributed by atoms with Gasteiger partial charge in [-0.25, -0.2) is 14.4 Å². The Bertz CT molecular complexity index is 721. The minimum Gasteiger partial charge on any atom is -0.351 e. The quantitative estimate of drug-likeness (QED) is 0.896. The van der Waals surface area contributed by atoms with Crippen LogP contribution >= 0.6 is 0 Å². The number of aromatic nitrogens is 2. The Labute approximate surface area is 141 Å². The first-order valence-corrected chi connectivity index (χ1v) is 8.84. The summed E-state index contributed by atoms with van der Waals surface area (Å²) in [5.41, 5.74) is 8.43. The van der Waals surface area contributed by atoms with Gasteiger partial charge in [0.2, 0.25) is 5.95 Å². The van der Waals surface area contributed by atoms with Crippen LogP contribution in [0.5, 0.6) is 0 Å². The third kappa shape index (κ3) is 3.41. The van der Waals surface area contributed by atoms with E-state index in [-0.39, 0.29) is 5.82 Å². The summed E-state index contributed by atoms with van der Waals surface area (Å²) in [7, 11) is 0. The minimum absolute atomic E-state index is 0.304. The molecule has 0 spiro atoms. The fraction of sp³-hybridized carbons (Fsp3) is 0.474. The third-order valence-electron chi connectivity index (χ3n) is 5.06. The molecule has 3 N–H and O–H groups in total. The lowest BCUT2D eigenvalue weighted by Gasteiger charge is -2.26. The van der Waals surface area contributed by atoms with Crippen LogP contribution in [0.1, 0.15) is 50.0 Å². The molecule has 24 heavy (non-hydrogen) atoms. The summed E-state index contributed by atoms with van der Waals surface area (Å²) < 4.78 is 14.3. The van der Waals surface area contributed by atoms with Gasteiger partial charge in [0.25, 0.3) is 0 Å². The lowest BCUT2D eigenvalue weighted by atomic mass is 9.92. The van der Waals surface area contributed by atoms with Gasteiger partial charge in [0, 0.05) is 17.6 Å². The molecule has 1 aromatic carbocycles. The van der Waals surface area contributed by atoms with Crippen molar-refractivity contribution >= 4 is 5.95 Å². The second kappa shape index (κ2) is 6.48. The number of rotatable bonds is 4. The van der Waals surface area contributed by atoms with Crippen molar-refractivity contribution in [1.82, 2.24) is 9.97 Å². The van der Waals surface area contributed by atoms with Crippen LogP contribution < -0.4 is 11.1 Å². The molecule has 2 aliphatic rings. The van der Waals surface area contributed by atoms with Crippen molar-refractivity contribution in [3.8, 4) is 11.3 Å². The largest absolute Gasteiger partial charge is 0.351 e. The molecule has 2 fully saturated rings. The predicted molar refractivity (Wildman–Crippen MR) is 93.3 cm³/mol. The highest BCUT2D eigenvalue weighted by Crippen LogP contribution is 2.41. The fourth-order valence-corrected chi connectivity index (χ4v) is 3.44. The standard InChI is InChI=1S/C19H23FN4/c20-17-11-22-19(23-16-8-6-15(21)7-9-16)24-18(17)14-3-1-2-13(10-14)12-4-5-12/h1-3,10-12,15-16H,4-9,21H2,(H,22,23,24). The van der Waals surface area contributed by atoms with E-state index < -0.39 is 0 Å². The van der Waals surface area contributed by atoms with Gasteiger partial charge in [-0.1, -0.05) is 18.2 Å². The number of benzene rings is 1. The van der Waals surface area contributed by atoms with E-state index >= 15 is 0 Å². The first-order valence-electron chi connectivity index (χ1n) is 8.84.